The number of piperidine rings is 1. The van der Waals surface area contributed by atoms with Crippen molar-refractivity contribution in [2.75, 3.05) is 13.1 Å². The first-order chi connectivity index (χ1) is 12.7. The smallest absolute Gasteiger partial charge is 0.115 e. The summed E-state index contributed by atoms with van der Waals surface area (Å²) in [5.41, 5.74) is 6.32. The van der Waals surface area contributed by atoms with Crippen LogP contribution in [0.1, 0.15) is 41.1 Å². The summed E-state index contributed by atoms with van der Waals surface area (Å²) in [4.78, 5) is 11.1. The molecule has 0 saturated carbocycles. The second-order valence-corrected chi connectivity index (χ2v) is 7.24. The van der Waals surface area contributed by atoms with E-state index < -0.39 is 0 Å². The van der Waals surface area contributed by atoms with Gasteiger partial charge in [-0.2, -0.15) is 5.10 Å². The zero-order valence-electron chi connectivity index (χ0n) is 15.5. The Labute approximate surface area is 154 Å². The summed E-state index contributed by atoms with van der Waals surface area (Å²) in [6.07, 6.45) is 9.78. The maximum absolute atomic E-state index is 4.48. The number of hydrogen-bond acceptors (Lipinski definition) is 4. The lowest BCUT2D eigenvalue weighted by Gasteiger charge is -2.33. The molecular formula is C21H25N5. The molecule has 0 amide bonds. The maximum atomic E-state index is 4.48. The Morgan fingerprint density at radius 1 is 1.19 bits per heavy atom. The van der Waals surface area contributed by atoms with Gasteiger partial charge in [-0.25, -0.2) is 14.6 Å². The van der Waals surface area contributed by atoms with Gasteiger partial charge in [0.2, 0.25) is 0 Å². The molecule has 0 radical (unpaired) electrons. The average Bonchev–Trinajstić information content (AvgIpc) is 3.19. The molecule has 1 saturated heterocycles. The van der Waals surface area contributed by atoms with E-state index in [1.165, 1.54) is 35.2 Å². The standard InChI is InChI=1S/C21H25N5/c1-16-11-17(2)19(21(12-16)26-10-4-7-24-26)14-25-9-3-5-18(13-25)20-6-8-22-15-23-20/h4,6-8,10-12,15,18H,3,5,9,13-14H2,1-2H3/t18-/m1/s1. The number of likely N-dealkylation sites (tertiary alicyclic amines) is 1. The van der Waals surface area contributed by atoms with Crippen molar-refractivity contribution in [1.29, 1.82) is 0 Å². The maximum Gasteiger partial charge on any atom is 0.115 e. The summed E-state index contributed by atoms with van der Waals surface area (Å²) in [7, 11) is 0. The summed E-state index contributed by atoms with van der Waals surface area (Å²) in [5.74, 6) is 0.491. The van der Waals surface area contributed by atoms with Crippen LogP contribution in [0.3, 0.4) is 0 Å². The van der Waals surface area contributed by atoms with E-state index in [9.17, 15) is 0 Å². The van der Waals surface area contributed by atoms with Crippen LogP contribution in [-0.4, -0.2) is 37.7 Å². The lowest BCUT2D eigenvalue weighted by Crippen LogP contribution is -2.34. The van der Waals surface area contributed by atoms with Gasteiger partial charge < -0.3 is 0 Å². The normalized spacial score (nSPS) is 18.2. The number of rotatable bonds is 4. The van der Waals surface area contributed by atoms with E-state index >= 15 is 0 Å². The minimum Gasteiger partial charge on any atom is -0.298 e. The molecule has 0 unspecified atom stereocenters. The Morgan fingerprint density at radius 3 is 2.88 bits per heavy atom. The zero-order valence-corrected chi connectivity index (χ0v) is 15.5. The Balaban J connectivity index is 1.59. The van der Waals surface area contributed by atoms with Crippen LogP contribution < -0.4 is 0 Å². The van der Waals surface area contributed by atoms with Gasteiger partial charge in [-0.1, -0.05) is 6.07 Å². The van der Waals surface area contributed by atoms with Gasteiger partial charge in [0.05, 0.1) is 5.69 Å². The van der Waals surface area contributed by atoms with E-state index in [1.807, 2.05) is 29.3 Å². The molecule has 5 heteroatoms. The van der Waals surface area contributed by atoms with E-state index in [0.717, 1.165) is 25.3 Å². The molecule has 0 spiro atoms. The minimum absolute atomic E-state index is 0.491. The first kappa shape index (κ1) is 16.9. The van der Waals surface area contributed by atoms with Gasteiger partial charge in [0.1, 0.15) is 6.33 Å². The lowest BCUT2D eigenvalue weighted by molar-refractivity contribution is 0.198. The summed E-state index contributed by atoms with van der Waals surface area (Å²) < 4.78 is 1.99. The highest BCUT2D eigenvalue weighted by Gasteiger charge is 2.23. The summed E-state index contributed by atoms with van der Waals surface area (Å²) >= 11 is 0. The molecule has 1 aliphatic heterocycles. The van der Waals surface area contributed by atoms with Gasteiger partial charge in [0, 0.05) is 43.3 Å². The van der Waals surface area contributed by atoms with Crippen molar-refractivity contribution in [3.05, 3.63) is 71.6 Å². The van der Waals surface area contributed by atoms with Gasteiger partial charge in [-0.05, 0) is 68.1 Å². The molecule has 26 heavy (non-hydrogen) atoms. The van der Waals surface area contributed by atoms with Crippen molar-refractivity contribution in [3.63, 3.8) is 0 Å². The Morgan fingerprint density at radius 2 is 2.12 bits per heavy atom. The second-order valence-electron chi connectivity index (χ2n) is 7.24. The van der Waals surface area contributed by atoms with Crippen LogP contribution in [0.25, 0.3) is 5.69 Å². The van der Waals surface area contributed by atoms with Crippen molar-refractivity contribution >= 4 is 0 Å². The van der Waals surface area contributed by atoms with Crippen molar-refractivity contribution in [2.24, 2.45) is 0 Å². The number of benzene rings is 1. The van der Waals surface area contributed by atoms with Gasteiger partial charge in [-0.3, -0.25) is 4.90 Å². The molecule has 4 rings (SSSR count). The highest BCUT2D eigenvalue weighted by atomic mass is 15.3. The molecule has 5 nitrogen and oxygen atoms in total. The van der Waals surface area contributed by atoms with E-state index in [0.29, 0.717) is 5.92 Å². The quantitative estimate of drug-likeness (QED) is 0.723. The molecule has 1 aliphatic rings. The number of aryl methyl sites for hydroxylation is 2. The Bertz CT molecular complexity index is 858. The molecule has 3 aromatic rings. The Hall–Kier alpha value is -2.53. The average molecular weight is 347 g/mol. The van der Waals surface area contributed by atoms with Crippen LogP contribution in [0.4, 0.5) is 0 Å². The van der Waals surface area contributed by atoms with Crippen molar-refractivity contribution in [3.8, 4) is 5.69 Å². The van der Waals surface area contributed by atoms with Crippen LogP contribution in [0.15, 0.2) is 49.2 Å². The van der Waals surface area contributed by atoms with Crippen molar-refractivity contribution in [2.45, 2.75) is 39.2 Å². The first-order valence-corrected chi connectivity index (χ1v) is 9.29. The monoisotopic (exact) mass is 347 g/mol. The minimum atomic E-state index is 0.491. The van der Waals surface area contributed by atoms with Crippen LogP contribution in [0, 0.1) is 13.8 Å². The van der Waals surface area contributed by atoms with E-state index in [2.05, 4.69) is 52.0 Å². The van der Waals surface area contributed by atoms with Gasteiger partial charge in [-0.15, -0.1) is 0 Å². The summed E-state index contributed by atoms with van der Waals surface area (Å²) in [6.45, 7) is 7.48. The van der Waals surface area contributed by atoms with Crippen molar-refractivity contribution in [1.82, 2.24) is 24.6 Å². The predicted octanol–water partition coefficient (Wildman–Crippen LogP) is 3.66. The molecule has 2 aromatic heterocycles. The fourth-order valence-corrected chi connectivity index (χ4v) is 4.00. The van der Waals surface area contributed by atoms with Gasteiger partial charge in [0.25, 0.3) is 0 Å². The van der Waals surface area contributed by atoms with Crippen LogP contribution in [0.2, 0.25) is 0 Å². The highest BCUT2D eigenvalue weighted by Crippen LogP contribution is 2.28. The molecule has 1 atom stereocenters. The number of hydrogen-bond donors (Lipinski definition) is 0. The van der Waals surface area contributed by atoms with Crippen LogP contribution in [0.5, 0.6) is 0 Å². The van der Waals surface area contributed by atoms with E-state index in [-0.39, 0.29) is 0 Å². The molecular weight excluding hydrogens is 322 g/mol. The number of nitrogens with zero attached hydrogens (tertiary/aromatic N) is 5. The third-order valence-electron chi connectivity index (χ3n) is 5.26. The second kappa shape index (κ2) is 7.38. The fraction of sp³-hybridized carbons (Fsp3) is 0.381. The molecule has 0 N–H and O–H groups in total. The Kier molecular flexibility index (Phi) is 4.80. The summed E-state index contributed by atoms with van der Waals surface area (Å²) in [5, 5.41) is 4.47. The SMILES string of the molecule is Cc1cc(C)c(CN2CCC[C@@H](c3ccncn3)C2)c(-n2cccn2)c1. The van der Waals surface area contributed by atoms with Crippen LogP contribution in [-0.2, 0) is 6.54 Å². The van der Waals surface area contributed by atoms with Crippen molar-refractivity contribution < 1.29 is 0 Å². The molecule has 0 bridgehead atoms. The molecule has 1 fully saturated rings. The fourth-order valence-electron chi connectivity index (χ4n) is 4.00. The molecule has 0 aliphatic carbocycles. The lowest BCUT2D eigenvalue weighted by atomic mass is 9.93. The van der Waals surface area contributed by atoms with Gasteiger partial charge >= 0.3 is 0 Å². The predicted molar refractivity (Wildman–Crippen MR) is 102 cm³/mol. The molecule has 134 valence electrons. The largest absolute Gasteiger partial charge is 0.298 e. The topological polar surface area (TPSA) is 46.8 Å². The third kappa shape index (κ3) is 3.53. The summed E-state index contributed by atoms with van der Waals surface area (Å²) in [6, 6.07) is 8.54. The van der Waals surface area contributed by atoms with E-state index in [4.69, 9.17) is 0 Å². The van der Waals surface area contributed by atoms with Crippen LogP contribution >= 0.6 is 0 Å². The third-order valence-corrected chi connectivity index (χ3v) is 5.26. The first-order valence-electron chi connectivity index (χ1n) is 9.29. The number of aromatic nitrogens is 4. The van der Waals surface area contributed by atoms with E-state index in [1.54, 1.807) is 6.33 Å². The molecule has 1 aromatic carbocycles. The zero-order chi connectivity index (χ0) is 17.9. The van der Waals surface area contributed by atoms with Gasteiger partial charge in [0.15, 0.2) is 0 Å². The highest BCUT2D eigenvalue weighted by molar-refractivity contribution is 5.48. The molecule has 3 heterocycles.